The largest absolute Gasteiger partial charge is 0.391 e. The fourth-order valence-corrected chi connectivity index (χ4v) is 3.86. The van der Waals surface area contributed by atoms with Crippen LogP contribution in [0.3, 0.4) is 0 Å². The van der Waals surface area contributed by atoms with Gasteiger partial charge >= 0.3 is 0 Å². The van der Waals surface area contributed by atoms with Crippen molar-refractivity contribution < 1.29 is 19.4 Å². The van der Waals surface area contributed by atoms with Gasteiger partial charge in [-0.25, -0.2) is 4.68 Å². The third-order valence-corrected chi connectivity index (χ3v) is 5.35. The lowest BCUT2D eigenvalue weighted by atomic mass is 9.85. The second kappa shape index (κ2) is 9.57. The lowest BCUT2D eigenvalue weighted by Crippen LogP contribution is -2.49. The van der Waals surface area contributed by atoms with Crippen LogP contribution in [0.15, 0.2) is 36.5 Å². The van der Waals surface area contributed by atoms with E-state index >= 15 is 0 Å². The Balaban J connectivity index is 1.74. The van der Waals surface area contributed by atoms with Crippen LogP contribution in [0.2, 0.25) is 0 Å². The van der Waals surface area contributed by atoms with Gasteiger partial charge in [-0.3, -0.25) is 9.59 Å². The van der Waals surface area contributed by atoms with Gasteiger partial charge in [0.1, 0.15) is 17.8 Å². The standard InChI is InChI=1S/C22H31N5O4/c1-22(2,3)19(21(30)26-12-17(28)10-18(26)20(29)23-4)27-11-16(24-25-27)14-31-13-15-8-6-5-7-9-15/h5-9,11,17-19,28H,10,12-14H2,1-4H3,(H,23,29)/t17?,18?,19-/m1/s1. The molecule has 1 fully saturated rings. The first-order chi connectivity index (χ1) is 14.7. The Hall–Kier alpha value is -2.78. The number of likely N-dealkylation sites (N-methyl/N-ethyl adjacent to an activating group) is 1. The second-order valence-electron chi connectivity index (χ2n) is 8.95. The lowest BCUT2D eigenvalue weighted by Gasteiger charge is -2.34. The molecule has 2 N–H and O–H groups in total. The molecule has 9 heteroatoms. The summed E-state index contributed by atoms with van der Waals surface area (Å²) in [6.45, 7) is 6.64. The molecule has 9 nitrogen and oxygen atoms in total. The Labute approximate surface area is 182 Å². The maximum Gasteiger partial charge on any atom is 0.248 e. The highest BCUT2D eigenvalue weighted by atomic mass is 16.5. The van der Waals surface area contributed by atoms with E-state index in [2.05, 4.69) is 15.6 Å². The zero-order valence-corrected chi connectivity index (χ0v) is 18.5. The topological polar surface area (TPSA) is 110 Å². The number of ether oxygens (including phenoxy) is 1. The Morgan fingerprint density at radius 3 is 2.61 bits per heavy atom. The van der Waals surface area contributed by atoms with E-state index < -0.39 is 23.6 Å². The van der Waals surface area contributed by atoms with Crippen molar-refractivity contribution in [1.29, 1.82) is 0 Å². The minimum Gasteiger partial charge on any atom is -0.391 e. The Morgan fingerprint density at radius 1 is 1.26 bits per heavy atom. The summed E-state index contributed by atoms with van der Waals surface area (Å²) in [6.07, 6.45) is 1.20. The summed E-state index contributed by atoms with van der Waals surface area (Å²) in [6, 6.07) is 8.45. The summed E-state index contributed by atoms with van der Waals surface area (Å²) in [5.41, 5.74) is 1.18. The number of amides is 2. The average Bonchev–Trinajstić information content (AvgIpc) is 3.34. The second-order valence-corrected chi connectivity index (χ2v) is 8.95. The number of β-amino-alcohol motifs (C(OH)–C–C–N with tert-alkyl or cyclic N) is 1. The van der Waals surface area contributed by atoms with Gasteiger partial charge in [-0.15, -0.1) is 5.10 Å². The van der Waals surface area contributed by atoms with E-state index in [0.29, 0.717) is 12.3 Å². The normalized spacial score (nSPS) is 20.0. The molecular formula is C22H31N5O4. The third-order valence-electron chi connectivity index (χ3n) is 5.35. The molecule has 1 saturated heterocycles. The number of carbonyl (C=O) groups is 2. The van der Waals surface area contributed by atoms with Crippen LogP contribution in [-0.2, 0) is 27.5 Å². The minimum absolute atomic E-state index is 0.116. The quantitative estimate of drug-likeness (QED) is 0.686. The maximum atomic E-state index is 13.5. The van der Waals surface area contributed by atoms with Crippen molar-refractivity contribution in [1.82, 2.24) is 25.2 Å². The molecule has 2 heterocycles. The predicted molar refractivity (Wildman–Crippen MR) is 114 cm³/mol. The number of nitrogens with one attached hydrogen (secondary N) is 1. The summed E-state index contributed by atoms with van der Waals surface area (Å²) < 4.78 is 7.26. The smallest absolute Gasteiger partial charge is 0.248 e. The van der Waals surface area contributed by atoms with Gasteiger partial charge in [0.15, 0.2) is 0 Å². The van der Waals surface area contributed by atoms with E-state index in [1.54, 1.807) is 6.20 Å². The summed E-state index contributed by atoms with van der Waals surface area (Å²) in [7, 11) is 1.52. The number of carbonyl (C=O) groups excluding carboxylic acids is 2. The van der Waals surface area contributed by atoms with Crippen LogP contribution in [0.5, 0.6) is 0 Å². The molecule has 1 aromatic heterocycles. The molecule has 168 valence electrons. The van der Waals surface area contributed by atoms with E-state index in [4.69, 9.17) is 4.74 Å². The Kier molecular flexibility index (Phi) is 7.07. The molecule has 3 atom stereocenters. The molecule has 0 spiro atoms. The highest BCUT2D eigenvalue weighted by molar-refractivity contribution is 5.90. The van der Waals surface area contributed by atoms with Crippen LogP contribution in [0.25, 0.3) is 0 Å². The SMILES string of the molecule is CNC(=O)C1CC(O)CN1C(=O)[C@@H](n1cc(COCc2ccccc2)nn1)C(C)(C)C. The van der Waals surface area contributed by atoms with Crippen LogP contribution < -0.4 is 5.32 Å². The summed E-state index contributed by atoms with van der Waals surface area (Å²) in [4.78, 5) is 27.2. The van der Waals surface area contributed by atoms with Crippen LogP contribution >= 0.6 is 0 Å². The number of hydrogen-bond acceptors (Lipinski definition) is 6. The zero-order valence-electron chi connectivity index (χ0n) is 18.5. The van der Waals surface area contributed by atoms with Gasteiger partial charge in [-0.05, 0) is 11.0 Å². The number of aromatic nitrogens is 3. The molecule has 1 aliphatic rings. The number of rotatable bonds is 7. The molecule has 31 heavy (non-hydrogen) atoms. The highest BCUT2D eigenvalue weighted by Crippen LogP contribution is 2.34. The van der Waals surface area contributed by atoms with Crippen LogP contribution in [-0.4, -0.2) is 62.6 Å². The van der Waals surface area contributed by atoms with Crippen molar-refractivity contribution in [2.45, 2.75) is 58.6 Å². The van der Waals surface area contributed by atoms with Gasteiger partial charge in [0.2, 0.25) is 11.8 Å². The number of aliphatic hydroxyl groups is 1. The maximum absolute atomic E-state index is 13.5. The summed E-state index contributed by atoms with van der Waals surface area (Å²) in [5, 5.41) is 21.0. The molecule has 2 unspecified atom stereocenters. The van der Waals surface area contributed by atoms with E-state index in [9.17, 15) is 14.7 Å². The van der Waals surface area contributed by atoms with Gasteiger partial charge in [0.25, 0.3) is 0 Å². The number of hydrogen-bond donors (Lipinski definition) is 2. The fraction of sp³-hybridized carbons (Fsp3) is 0.545. The molecule has 2 amide bonds. The van der Waals surface area contributed by atoms with Crippen LogP contribution in [0.4, 0.5) is 0 Å². The summed E-state index contributed by atoms with van der Waals surface area (Å²) >= 11 is 0. The fourth-order valence-electron chi connectivity index (χ4n) is 3.86. The van der Waals surface area contributed by atoms with E-state index in [0.717, 1.165) is 5.56 Å². The monoisotopic (exact) mass is 429 g/mol. The van der Waals surface area contributed by atoms with Crippen molar-refractivity contribution >= 4 is 11.8 Å². The molecule has 0 saturated carbocycles. The van der Waals surface area contributed by atoms with Crippen molar-refractivity contribution in [2.75, 3.05) is 13.6 Å². The first kappa shape index (κ1) is 22.9. The van der Waals surface area contributed by atoms with Gasteiger partial charge in [0.05, 0.1) is 25.5 Å². The average molecular weight is 430 g/mol. The van der Waals surface area contributed by atoms with Gasteiger partial charge in [-0.2, -0.15) is 0 Å². The first-order valence-electron chi connectivity index (χ1n) is 10.4. The number of aliphatic hydroxyl groups excluding tert-OH is 1. The number of nitrogens with zero attached hydrogens (tertiary/aromatic N) is 4. The van der Waals surface area contributed by atoms with Crippen molar-refractivity contribution in [3.63, 3.8) is 0 Å². The first-order valence-corrected chi connectivity index (χ1v) is 10.4. The minimum atomic E-state index is -0.732. The van der Waals surface area contributed by atoms with Crippen molar-refractivity contribution in [3.8, 4) is 0 Å². The molecule has 3 rings (SSSR count). The lowest BCUT2D eigenvalue weighted by molar-refractivity contribution is -0.144. The van der Waals surface area contributed by atoms with Gasteiger partial charge in [0, 0.05) is 20.0 Å². The molecule has 0 radical (unpaired) electrons. The Bertz CT molecular complexity index is 893. The highest BCUT2D eigenvalue weighted by Gasteiger charge is 2.44. The zero-order chi connectivity index (χ0) is 22.6. The molecule has 0 bridgehead atoms. The van der Waals surface area contributed by atoms with E-state index in [-0.39, 0.29) is 31.4 Å². The molecule has 1 aromatic carbocycles. The van der Waals surface area contributed by atoms with Crippen LogP contribution in [0, 0.1) is 5.41 Å². The molecule has 2 aromatic rings. The van der Waals surface area contributed by atoms with Gasteiger partial charge < -0.3 is 20.1 Å². The number of likely N-dealkylation sites (tertiary alicyclic amines) is 1. The molecular weight excluding hydrogens is 398 g/mol. The predicted octanol–water partition coefficient (Wildman–Crippen LogP) is 1.29. The molecule has 1 aliphatic heterocycles. The molecule has 0 aliphatic carbocycles. The van der Waals surface area contributed by atoms with E-state index in [1.165, 1.54) is 16.6 Å². The van der Waals surface area contributed by atoms with E-state index in [1.807, 2.05) is 51.1 Å². The van der Waals surface area contributed by atoms with Gasteiger partial charge in [-0.1, -0.05) is 56.3 Å². The third kappa shape index (κ3) is 5.48. The van der Waals surface area contributed by atoms with Crippen molar-refractivity contribution in [2.24, 2.45) is 5.41 Å². The Morgan fingerprint density at radius 2 is 1.97 bits per heavy atom. The van der Waals surface area contributed by atoms with Crippen molar-refractivity contribution in [3.05, 3.63) is 47.8 Å². The van der Waals surface area contributed by atoms with Crippen LogP contribution in [0.1, 0.15) is 44.5 Å². The number of benzene rings is 1. The summed E-state index contributed by atoms with van der Waals surface area (Å²) in [5.74, 6) is -0.551.